The summed E-state index contributed by atoms with van der Waals surface area (Å²) in [5.41, 5.74) is -0.700. The first-order chi connectivity index (χ1) is 19.7. The molecular formula is C34H35F3O4S. The molecule has 4 aromatic rings. The van der Waals surface area contributed by atoms with Gasteiger partial charge >= 0.3 is 15.6 Å². The molecule has 0 saturated carbocycles. The Morgan fingerprint density at radius 3 is 1.62 bits per heavy atom. The Bertz CT molecular complexity index is 1740. The molecule has 6 rings (SSSR count). The Hall–Kier alpha value is -3.78. The van der Waals surface area contributed by atoms with E-state index in [1.54, 1.807) is 30.3 Å². The predicted octanol–water partition coefficient (Wildman–Crippen LogP) is 10.2. The van der Waals surface area contributed by atoms with Crippen molar-refractivity contribution in [2.75, 3.05) is 0 Å². The number of benzene rings is 4. The molecule has 0 bridgehead atoms. The molecule has 42 heavy (non-hydrogen) atoms. The molecule has 4 aromatic carbocycles. The van der Waals surface area contributed by atoms with Crippen LogP contribution in [0, 0.1) is 0 Å². The molecule has 0 amide bonds. The smallest absolute Gasteiger partial charge is 0.507 e. The van der Waals surface area contributed by atoms with Gasteiger partial charge in [0.2, 0.25) is 0 Å². The van der Waals surface area contributed by atoms with Crippen LogP contribution in [0.4, 0.5) is 13.2 Å². The summed E-state index contributed by atoms with van der Waals surface area (Å²) in [6.45, 7) is 0. The van der Waals surface area contributed by atoms with Crippen LogP contribution in [0.1, 0.15) is 69.9 Å². The molecule has 0 aromatic heterocycles. The molecular weight excluding hydrogens is 561 g/mol. The third kappa shape index (κ3) is 6.65. The van der Waals surface area contributed by atoms with E-state index in [4.69, 9.17) is 0 Å². The zero-order chi connectivity index (χ0) is 29.0. The van der Waals surface area contributed by atoms with E-state index in [9.17, 15) is 26.7 Å². The van der Waals surface area contributed by atoms with Crippen molar-refractivity contribution in [2.45, 2.75) is 64.3 Å². The number of halogens is 3. The standard InChI is InChI=1S/C17H15F3O3S.C16H16O.CH4/c18-17(19,20)24(21,22)23-16-11-10-13(12-6-2-1-3-7-12)14-8-4-5-9-15(14)16;17-16-11-10-13(12-6-2-1-3-7-12)14-8-4-5-9-15(14)16;/h4-6,8-11H,1-3,7H2;4-6,8-11,17H,1-3,7H2;1H4. The van der Waals surface area contributed by atoms with Gasteiger partial charge in [-0.25, -0.2) is 0 Å². The van der Waals surface area contributed by atoms with Crippen LogP contribution >= 0.6 is 0 Å². The second kappa shape index (κ2) is 13.0. The lowest BCUT2D eigenvalue weighted by Crippen LogP contribution is -2.28. The molecule has 1 N–H and O–H groups in total. The van der Waals surface area contributed by atoms with Crippen molar-refractivity contribution < 1.29 is 30.9 Å². The van der Waals surface area contributed by atoms with E-state index in [2.05, 4.69) is 28.5 Å². The Balaban J connectivity index is 0.000000198. The first-order valence-electron chi connectivity index (χ1n) is 13.8. The van der Waals surface area contributed by atoms with Gasteiger partial charge in [0, 0.05) is 10.8 Å². The molecule has 2 aliphatic rings. The largest absolute Gasteiger partial charge is 0.534 e. The molecule has 8 heteroatoms. The maximum atomic E-state index is 12.6. The van der Waals surface area contributed by atoms with Crippen molar-refractivity contribution >= 4 is 42.8 Å². The van der Waals surface area contributed by atoms with Gasteiger partial charge < -0.3 is 9.29 Å². The third-order valence-electron chi connectivity index (χ3n) is 7.54. The number of rotatable bonds is 4. The number of allylic oxidation sites excluding steroid dienone is 4. The molecule has 0 radical (unpaired) electrons. The fourth-order valence-electron chi connectivity index (χ4n) is 5.52. The minimum absolute atomic E-state index is 0. The summed E-state index contributed by atoms with van der Waals surface area (Å²) < 4.78 is 64.6. The molecule has 0 aliphatic heterocycles. The van der Waals surface area contributed by atoms with E-state index in [1.165, 1.54) is 41.9 Å². The normalized spacial score (nSPS) is 15.6. The van der Waals surface area contributed by atoms with Gasteiger partial charge in [-0.1, -0.05) is 80.2 Å². The minimum Gasteiger partial charge on any atom is -0.507 e. The van der Waals surface area contributed by atoms with Crippen molar-refractivity contribution in [1.29, 1.82) is 0 Å². The quantitative estimate of drug-likeness (QED) is 0.188. The summed E-state index contributed by atoms with van der Waals surface area (Å²) >= 11 is 0. The zero-order valence-electron chi connectivity index (χ0n) is 22.5. The highest BCUT2D eigenvalue weighted by Crippen LogP contribution is 2.38. The predicted molar refractivity (Wildman–Crippen MR) is 165 cm³/mol. The summed E-state index contributed by atoms with van der Waals surface area (Å²) in [5.74, 6) is 0.0591. The van der Waals surface area contributed by atoms with Crippen LogP contribution < -0.4 is 4.18 Å². The van der Waals surface area contributed by atoms with Gasteiger partial charge in [0.05, 0.1) is 0 Å². The fourth-order valence-corrected chi connectivity index (χ4v) is 5.99. The summed E-state index contributed by atoms with van der Waals surface area (Å²) in [4.78, 5) is 0. The van der Waals surface area contributed by atoms with Gasteiger partial charge in [-0.15, -0.1) is 0 Å². The Kier molecular flexibility index (Phi) is 9.67. The van der Waals surface area contributed by atoms with Crippen LogP contribution in [0.5, 0.6) is 11.5 Å². The number of hydrogen-bond acceptors (Lipinski definition) is 4. The number of phenols is 1. The van der Waals surface area contributed by atoms with Gasteiger partial charge in [0.25, 0.3) is 0 Å². The summed E-state index contributed by atoms with van der Waals surface area (Å²) in [6, 6.07) is 21.6. The Morgan fingerprint density at radius 1 is 0.643 bits per heavy atom. The van der Waals surface area contributed by atoms with Crippen molar-refractivity contribution in [3.05, 3.63) is 96.1 Å². The number of phenolic OH excluding ortho intramolecular Hbond substituents is 1. The summed E-state index contributed by atoms with van der Waals surface area (Å²) in [6.07, 6.45) is 13.4. The molecule has 0 fully saturated rings. The van der Waals surface area contributed by atoms with Crippen LogP contribution in [0.15, 0.2) is 84.9 Å². The minimum atomic E-state index is -5.69. The number of fused-ring (bicyclic) bond motifs is 2. The van der Waals surface area contributed by atoms with Crippen LogP contribution in [0.3, 0.4) is 0 Å². The van der Waals surface area contributed by atoms with Gasteiger partial charge in [-0.2, -0.15) is 21.6 Å². The lowest BCUT2D eigenvalue weighted by molar-refractivity contribution is -0.0499. The maximum absolute atomic E-state index is 12.6. The highest BCUT2D eigenvalue weighted by molar-refractivity contribution is 7.88. The molecule has 0 heterocycles. The number of alkyl halides is 3. The van der Waals surface area contributed by atoms with Crippen molar-refractivity contribution in [1.82, 2.24) is 0 Å². The highest BCUT2D eigenvalue weighted by Gasteiger charge is 2.48. The second-order valence-electron chi connectivity index (χ2n) is 10.3. The van der Waals surface area contributed by atoms with Crippen LogP contribution in [-0.4, -0.2) is 19.0 Å². The summed E-state index contributed by atoms with van der Waals surface area (Å²) in [7, 11) is -5.69. The lowest BCUT2D eigenvalue weighted by atomic mass is 9.90. The zero-order valence-corrected chi connectivity index (χ0v) is 23.3. The van der Waals surface area contributed by atoms with E-state index < -0.39 is 15.6 Å². The lowest BCUT2D eigenvalue weighted by Gasteiger charge is -2.17. The van der Waals surface area contributed by atoms with E-state index >= 15 is 0 Å². The molecule has 0 saturated heterocycles. The molecule has 0 atom stereocenters. The average molecular weight is 597 g/mol. The van der Waals surface area contributed by atoms with Crippen LogP contribution in [-0.2, 0) is 10.1 Å². The Labute approximate surface area is 245 Å². The molecule has 222 valence electrons. The molecule has 0 spiro atoms. The molecule has 0 unspecified atom stereocenters. The van der Waals surface area contributed by atoms with E-state index in [1.807, 2.05) is 24.3 Å². The summed E-state index contributed by atoms with van der Waals surface area (Å²) in [5, 5.41) is 13.0. The van der Waals surface area contributed by atoms with Crippen LogP contribution in [0.25, 0.3) is 32.7 Å². The van der Waals surface area contributed by atoms with Gasteiger partial charge in [0.15, 0.2) is 5.75 Å². The van der Waals surface area contributed by atoms with E-state index in [-0.39, 0.29) is 13.2 Å². The van der Waals surface area contributed by atoms with E-state index in [0.717, 1.165) is 48.6 Å². The number of aromatic hydroxyl groups is 1. The monoisotopic (exact) mass is 596 g/mol. The number of hydrogen-bond donors (Lipinski definition) is 1. The van der Waals surface area contributed by atoms with Crippen LogP contribution in [0.2, 0.25) is 0 Å². The second-order valence-corrected chi connectivity index (χ2v) is 11.8. The van der Waals surface area contributed by atoms with Gasteiger partial charge in [-0.05, 0) is 96.5 Å². The maximum Gasteiger partial charge on any atom is 0.534 e. The SMILES string of the molecule is C.O=S(=O)(Oc1ccc(C2=CCCCC2)c2ccccc12)C(F)(F)F.Oc1ccc(C2=CCCCC2)c2ccccc12. The Morgan fingerprint density at radius 2 is 1.12 bits per heavy atom. The van der Waals surface area contributed by atoms with Crippen molar-refractivity contribution in [3.63, 3.8) is 0 Å². The van der Waals surface area contributed by atoms with Crippen molar-refractivity contribution in [3.8, 4) is 11.5 Å². The van der Waals surface area contributed by atoms with Gasteiger partial charge in [-0.3, -0.25) is 0 Å². The third-order valence-corrected chi connectivity index (χ3v) is 8.51. The van der Waals surface area contributed by atoms with Gasteiger partial charge in [0.1, 0.15) is 5.75 Å². The topological polar surface area (TPSA) is 63.6 Å². The highest BCUT2D eigenvalue weighted by atomic mass is 32.2. The average Bonchev–Trinajstić information content (AvgIpc) is 2.98. The molecule has 4 nitrogen and oxygen atoms in total. The van der Waals surface area contributed by atoms with E-state index in [0.29, 0.717) is 16.5 Å². The fraction of sp³-hybridized carbons (Fsp3) is 0.294. The van der Waals surface area contributed by atoms with Crippen molar-refractivity contribution in [2.24, 2.45) is 0 Å². The first kappa shape index (κ1) is 31.2. The first-order valence-corrected chi connectivity index (χ1v) is 15.2. The molecule has 2 aliphatic carbocycles.